The second kappa shape index (κ2) is 6.61. The molecule has 4 rings (SSSR count). The summed E-state index contributed by atoms with van der Waals surface area (Å²) >= 11 is 1.59. The van der Waals surface area contributed by atoms with Crippen LogP contribution in [0.4, 0.5) is 0 Å². The van der Waals surface area contributed by atoms with Gasteiger partial charge in [0.1, 0.15) is 17.9 Å². The molecule has 1 aliphatic rings. The van der Waals surface area contributed by atoms with E-state index in [4.69, 9.17) is 4.74 Å². The van der Waals surface area contributed by atoms with Gasteiger partial charge in [-0.1, -0.05) is 6.92 Å². The maximum Gasteiger partial charge on any atom is 0.291 e. The highest BCUT2D eigenvalue weighted by Crippen LogP contribution is 2.24. The number of aryl methyl sites for hydroxylation is 1. The van der Waals surface area contributed by atoms with Crippen molar-refractivity contribution in [1.82, 2.24) is 19.5 Å². The van der Waals surface area contributed by atoms with Gasteiger partial charge < -0.3 is 10.1 Å². The Morgan fingerprint density at radius 2 is 2.36 bits per heavy atom. The van der Waals surface area contributed by atoms with Gasteiger partial charge in [-0.25, -0.2) is 4.68 Å². The van der Waals surface area contributed by atoms with E-state index < -0.39 is 0 Å². The minimum Gasteiger partial charge on any atom is -0.376 e. The van der Waals surface area contributed by atoms with Gasteiger partial charge in [-0.05, 0) is 30.4 Å². The molecule has 25 heavy (non-hydrogen) atoms. The first-order valence-corrected chi connectivity index (χ1v) is 9.42. The van der Waals surface area contributed by atoms with Gasteiger partial charge in [0.05, 0.1) is 16.3 Å². The molecule has 0 aromatic carbocycles. The van der Waals surface area contributed by atoms with Crippen LogP contribution in [0.3, 0.4) is 0 Å². The summed E-state index contributed by atoms with van der Waals surface area (Å²) in [6.07, 6.45) is 2.75. The van der Waals surface area contributed by atoms with Crippen molar-refractivity contribution in [3.63, 3.8) is 0 Å². The molecule has 3 aromatic heterocycles. The van der Waals surface area contributed by atoms with Crippen LogP contribution in [0.5, 0.6) is 0 Å². The summed E-state index contributed by atoms with van der Waals surface area (Å²) in [7, 11) is 0. The fourth-order valence-electron chi connectivity index (χ4n) is 3.28. The van der Waals surface area contributed by atoms with Crippen molar-refractivity contribution < 1.29 is 9.53 Å². The van der Waals surface area contributed by atoms with E-state index in [-0.39, 0.29) is 24.1 Å². The number of fused-ring (bicyclic) bond motifs is 3. The van der Waals surface area contributed by atoms with Gasteiger partial charge in [0.15, 0.2) is 0 Å². The average molecular weight is 360 g/mol. The number of thiophene rings is 1. The number of aromatic nitrogens is 3. The minimum atomic E-state index is -0.243. The van der Waals surface area contributed by atoms with E-state index in [2.05, 4.69) is 10.4 Å². The summed E-state index contributed by atoms with van der Waals surface area (Å²) in [5, 5.41) is 9.26. The lowest BCUT2D eigenvalue weighted by atomic mass is 10.2. The maximum absolute atomic E-state index is 12.7. The molecule has 7 nitrogen and oxygen atoms in total. The maximum atomic E-state index is 12.7. The first-order valence-electron chi connectivity index (χ1n) is 8.54. The Balaban J connectivity index is 1.61. The molecule has 8 heteroatoms. The van der Waals surface area contributed by atoms with Crippen LogP contribution in [-0.2, 0) is 22.5 Å². The monoisotopic (exact) mass is 360 g/mol. The molecule has 0 bridgehead atoms. The number of hydrogen-bond donors (Lipinski definition) is 1. The van der Waals surface area contributed by atoms with E-state index in [1.807, 2.05) is 28.8 Å². The zero-order valence-corrected chi connectivity index (χ0v) is 14.8. The first-order chi connectivity index (χ1) is 12.2. The second-order valence-electron chi connectivity index (χ2n) is 6.21. The molecule has 1 fully saturated rings. The summed E-state index contributed by atoms with van der Waals surface area (Å²) in [5.74, 6) is 0.555. The predicted octanol–water partition coefficient (Wildman–Crippen LogP) is 1.57. The largest absolute Gasteiger partial charge is 0.376 e. The van der Waals surface area contributed by atoms with Crippen molar-refractivity contribution in [2.75, 3.05) is 13.2 Å². The van der Waals surface area contributed by atoms with Crippen LogP contribution in [0.15, 0.2) is 22.3 Å². The third-order valence-corrected chi connectivity index (χ3v) is 5.38. The van der Waals surface area contributed by atoms with Crippen LogP contribution in [0.25, 0.3) is 15.7 Å². The Hall–Kier alpha value is -2.19. The molecule has 132 valence electrons. The van der Waals surface area contributed by atoms with Gasteiger partial charge >= 0.3 is 0 Å². The lowest BCUT2D eigenvalue weighted by Gasteiger charge is -2.12. The van der Waals surface area contributed by atoms with Gasteiger partial charge in [-0.15, -0.1) is 11.3 Å². The third-order valence-electron chi connectivity index (χ3n) is 4.53. The van der Waals surface area contributed by atoms with Crippen LogP contribution >= 0.6 is 11.3 Å². The third kappa shape index (κ3) is 2.96. The standard InChI is InChI=1S/C17H20N4O3S/c1-2-15-19-20(10-16(22)18-9-11-4-3-6-24-11)17(23)13-8-14-12(21(13)15)5-7-25-14/h5,7-8,11H,2-4,6,9-10H2,1H3,(H,18,22)/t11-/m0/s1. The quantitative estimate of drug-likeness (QED) is 0.749. The van der Waals surface area contributed by atoms with E-state index in [1.54, 1.807) is 11.3 Å². The normalized spacial score (nSPS) is 17.6. The van der Waals surface area contributed by atoms with Gasteiger partial charge in [0, 0.05) is 19.6 Å². The van der Waals surface area contributed by atoms with Crippen LogP contribution in [0.2, 0.25) is 0 Å². The summed E-state index contributed by atoms with van der Waals surface area (Å²) in [5.41, 5.74) is 1.32. The molecular weight excluding hydrogens is 340 g/mol. The Labute approximate surface area is 148 Å². The van der Waals surface area contributed by atoms with E-state index in [9.17, 15) is 9.59 Å². The van der Waals surface area contributed by atoms with Crippen LogP contribution in [0.1, 0.15) is 25.6 Å². The van der Waals surface area contributed by atoms with Gasteiger partial charge in [0.25, 0.3) is 5.56 Å². The summed E-state index contributed by atoms with van der Waals surface area (Å²) < 4.78 is 9.71. The van der Waals surface area contributed by atoms with Crippen molar-refractivity contribution in [2.24, 2.45) is 0 Å². The highest BCUT2D eigenvalue weighted by molar-refractivity contribution is 7.17. The van der Waals surface area contributed by atoms with E-state index in [0.717, 1.165) is 35.5 Å². The van der Waals surface area contributed by atoms with Gasteiger partial charge in [-0.3, -0.25) is 14.0 Å². The molecule has 0 spiro atoms. The average Bonchev–Trinajstić information content (AvgIpc) is 3.32. The number of nitrogens with one attached hydrogen (secondary N) is 1. The van der Waals surface area contributed by atoms with Crippen molar-refractivity contribution in [2.45, 2.75) is 38.8 Å². The number of carbonyl (C=O) groups is 1. The zero-order chi connectivity index (χ0) is 17.4. The molecule has 3 aromatic rings. The molecule has 1 atom stereocenters. The zero-order valence-electron chi connectivity index (χ0n) is 14.0. The molecule has 1 aliphatic heterocycles. The molecule has 1 amide bonds. The van der Waals surface area contributed by atoms with Crippen molar-refractivity contribution >= 4 is 33.0 Å². The molecular formula is C17H20N4O3S. The van der Waals surface area contributed by atoms with E-state index in [1.165, 1.54) is 4.68 Å². The highest BCUT2D eigenvalue weighted by Gasteiger charge is 2.18. The summed E-state index contributed by atoms with van der Waals surface area (Å²) in [6, 6.07) is 3.87. The topological polar surface area (TPSA) is 77.6 Å². The van der Waals surface area contributed by atoms with Crippen molar-refractivity contribution in [1.29, 1.82) is 0 Å². The Morgan fingerprint density at radius 1 is 1.48 bits per heavy atom. The van der Waals surface area contributed by atoms with Crippen LogP contribution in [0, 0.1) is 0 Å². The number of ether oxygens (including phenoxy) is 1. The molecule has 0 aliphatic carbocycles. The molecule has 0 radical (unpaired) electrons. The first kappa shape index (κ1) is 16.3. The number of hydrogen-bond acceptors (Lipinski definition) is 5. The number of amides is 1. The van der Waals surface area contributed by atoms with E-state index in [0.29, 0.717) is 18.5 Å². The molecule has 1 N–H and O–H groups in total. The predicted molar refractivity (Wildman–Crippen MR) is 96.2 cm³/mol. The molecule has 0 saturated carbocycles. The van der Waals surface area contributed by atoms with Gasteiger partial charge in [0.2, 0.25) is 5.91 Å². The number of nitrogens with zero attached hydrogens (tertiary/aromatic N) is 3. The van der Waals surface area contributed by atoms with Crippen molar-refractivity contribution in [3.05, 3.63) is 33.7 Å². The molecule has 4 heterocycles. The smallest absolute Gasteiger partial charge is 0.291 e. The molecule has 1 saturated heterocycles. The Kier molecular flexibility index (Phi) is 4.30. The van der Waals surface area contributed by atoms with Gasteiger partial charge in [-0.2, -0.15) is 5.10 Å². The fourth-order valence-corrected chi connectivity index (χ4v) is 4.09. The summed E-state index contributed by atoms with van der Waals surface area (Å²) in [4.78, 5) is 24.9. The highest BCUT2D eigenvalue weighted by atomic mass is 32.1. The lowest BCUT2D eigenvalue weighted by Crippen LogP contribution is -2.38. The fraction of sp³-hybridized carbons (Fsp3) is 0.471. The lowest BCUT2D eigenvalue weighted by molar-refractivity contribution is -0.122. The van der Waals surface area contributed by atoms with E-state index >= 15 is 0 Å². The molecule has 0 unspecified atom stereocenters. The Bertz CT molecular complexity index is 981. The number of carbonyl (C=O) groups excluding carboxylic acids is 1. The second-order valence-corrected chi connectivity index (χ2v) is 7.15. The van der Waals surface area contributed by atoms with Crippen LogP contribution in [-0.4, -0.2) is 39.3 Å². The Morgan fingerprint density at radius 3 is 3.12 bits per heavy atom. The number of rotatable bonds is 5. The summed E-state index contributed by atoms with van der Waals surface area (Å²) in [6.45, 7) is 3.15. The minimum absolute atomic E-state index is 0.0755. The van der Waals surface area contributed by atoms with Crippen molar-refractivity contribution in [3.8, 4) is 0 Å². The van der Waals surface area contributed by atoms with Crippen LogP contribution < -0.4 is 10.9 Å². The SMILES string of the molecule is CCc1nn(CC(=O)NC[C@@H]2CCCO2)c(=O)c2cc3sccc3n12.